The molecule has 0 radical (unpaired) electrons. The number of thiophene rings is 1. The topological polar surface area (TPSA) is 83.6 Å². The predicted molar refractivity (Wildman–Crippen MR) is 71.9 cm³/mol. The molecule has 0 fully saturated rings. The maximum absolute atomic E-state index is 11.8. The maximum Gasteiger partial charge on any atom is 0.268 e. The fourth-order valence-electron chi connectivity index (χ4n) is 1.51. The Bertz CT molecular complexity index is 677. The molecule has 1 amide bonds. The van der Waals surface area contributed by atoms with Gasteiger partial charge in [-0.25, -0.2) is 0 Å². The van der Waals surface area contributed by atoms with E-state index < -0.39 is 0 Å². The number of H-pyrrole nitrogens is 1. The molecule has 3 rings (SSSR count). The van der Waals surface area contributed by atoms with E-state index in [4.69, 9.17) is 0 Å². The van der Waals surface area contributed by atoms with Crippen LogP contribution >= 0.6 is 11.3 Å². The van der Waals surface area contributed by atoms with E-state index in [2.05, 4.69) is 25.5 Å². The van der Waals surface area contributed by atoms with Crippen LogP contribution in [0.5, 0.6) is 0 Å². The highest BCUT2D eigenvalue weighted by atomic mass is 32.1. The Balaban J connectivity index is 1.77. The van der Waals surface area contributed by atoms with Gasteiger partial charge in [-0.2, -0.15) is 4.98 Å². The van der Waals surface area contributed by atoms with Crippen LogP contribution in [0.25, 0.3) is 11.5 Å². The monoisotopic (exact) mass is 271 g/mol. The highest BCUT2D eigenvalue weighted by molar-refractivity contribution is 7.12. The van der Waals surface area contributed by atoms with Gasteiger partial charge in [0.15, 0.2) is 5.82 Å². The number of amides is 1. The number of hydrogen-bond donors (Lipinski definition) is 2. The summed E-state index contributed by atoms with van der Waals surface area (Å²) in [7, 11) is 0. The van der Waals surface area contributed by atoms with Crippen molar-refractivity contribution >= 4 is 23.2 Å². The lowest BCUT2D eigenvalue weighted by Crippen LogP contribution is -2.11. The quantitative estimate of drug-likeness (QED) is 0.764. The molecule has 3 aromatic heterocycles. The molecule has 0 aliphatic rings. The molecule has 2 N–H and O–H groups in total. The molecule has 3 aromatic rings. The summed E-state index contributed by atoms with van der Waals surface area (Å²) in [5, 5.41) is 11.1. The normalized spacial score (nSPS) is 10.3. The Morgan fingerprint density at radius 3 is 2.95 bits per heavy atom. The van der Waals surface area contributed by atoms with Crippen molar-refractivity contribution in [2.45, 2.75) is 0 Å². The summed E-state index contributed by atoms with van der Waals surface area (Å²) in [4.78, 5) is 20.7. The van der Waals surface area contributed by atoms with Gasteiger partial charge in [0.2, 0.25) is 5.95 Å². The first-order valence-electron chi connectivity index (χ1n) is 5.51. The fraction of sp³-hybridized carbons (Fsp3) is 0. The van der Waals surface area contributed by atoms with E-state index in [9.17, 15) is 4.79 Å². The van der Waals surface area contributed by atoms with E-state index >= 15 is 0 Å². The van der Waals surface area contributed by atoms with Crippen molar-refractivity contribution < 1.29 is 4.79 Å². The molecule has 94 valence electrons. The fourth-order valence-corrected chi connectivity index (χ4v) is 2.12. The van der Waals surface area contributed by atoms with E-state index in [-0.39, 0.29) is 11.9 Å². The Morgan fingerprint density at radius 1 is 1.26 bits per heavy atom. The summed E-state index contributed by atoms with van der Waals surface area (Å²) in [6, 6.07) is 9.04. The van der Waals surface area contributed by atoms with Crippen molar-refractivity contribution in [3.8, 4) is 11.5 Å². The number of hydrogen-bond acceptors (Lipinski definition) is 5. The van der Waals surface area contributed by atoms with Crippen molar-refractivity contribution in [2.75, 3.05) is 5.32 Å². The lowest BCUT2D eigenvalue weighted by molar-refractivity contribution is 0.102. The number of aromatic nitrogens is 4. The molecular weight excluding hydrogens is 262 g/mol. The average Bonchev–Trinajstić information content (AvgIpc) is 3.11. The molecule has 0 bridgehead atoms. The van der Waals surface area contributed by atoms with Gasteiger partial charge < -0.3 is 0 Å². The minimum absolute atomic E-state index is 0.221. The molecule has 0 aliphatic carbocycles. The van der Waals surface area contributed by atoms with Gasteiger partial charge in [-0.15, -0.1) is 16.4 Å². The number of anilines is 1. The van der Waals surface area contributed by atoms with Crippen LogP contribution in [0, 0.1) is 0 Å². The molecule has 0 atom stereocenters. The zero-order chi connectivity index (χ0) is 13.1. The Labute approximate surface area is 112 Å². The van der Waals surface area contributed by atoms with E-state index in [0.717, 1.165) is 0 Å². The molecule has 3 heterocycles. The van der Waals surface area contributed by atoms with Crippen LogP contribution in [0.2, 0.25) is 0 Å². The van der Waals surface area contributed by atoms with Gasteiger partial charge in [0.05, 0.1) is 4.88 Å². The van der Waals surface area contributed by atoms with Crippen LogP contribution < -0.4 is 5.32 Å². The zero-order valence-electron chi connectivity index (χ0n) is 9.70. The zero-order valence-corrected chi connectivity index (χ0v) is 10.5. The van der Waals surface area contributed by atoms with Crippen molar-refractivity contribution in [3.63, 3.8) is 0 Å². The number of nitrogens with one attached hydrogen (secondary N) is 2. The molecule has 7 heteroatoms. The second-order valence-corrected chi connectivity index (χ2v) is 4.60. The molecule has 19 heavy (non-hydrogen) atoms. The molecule has 0 saturated heterocycles. The van der Waals surface area contributed by atoms with Crippen molar-refractivity contribution in [3.05, 3.63) is 46.8 Å². The number of aromatic amines is 1. The van der Waals surface area contributed by atoms with E-state index in [0.29, 0.717) is 16.4 Å². The highest BCUT2D eigenvalue weighted by Gasteiger charge is 2.11. The summed E-state index contributed by atoms with van der Waals surface area (Å²) in [6.45, 7) is 0. The van der Waals surface area contributed by atoms with Gasteiger partial charge in [-0.05, 0) is 23.6 Å². The lowest BCUT2D eigenvalue weighted by Gasteiger charge is -1.96. The van der Waals surface area contributed by atoms with Crippen LogP contribution in [0.4, 0.5) is 5.95 Å². The Hall–Kier alpha value is -2.54. The van der Waals surface area contributed by atoms with Gasteiger partial charge in [0, 0.05) is 6.20 Å². The summed E-state index contributed by atoms with van der Waals surface area (Å²) < 4.78 is 0. The number of carbonyl (C=O) groups is 1. The third kappa shape index (κ3) is 2.50. The van der Waals surface area contributed by atoms with E-state index in [1.165, 1.54) is 11.3 Å². The number of carbonyl (C=O) groups excluding carboxylic acids is 1. The first-order valence-corrected chi connectivity index (χ1v) is 6.39. The van der Waals surface area contributed by atoms with Gasteiger partial charge in [-0.3, -0.25) is 20.2 Å². The van der Waals surface area contributed by atoms with Crippen molar-refractivity contribution in [1.29, 1.82) is 0 Å². The van der Waals surface area contributed by atoms with Crippen molar-refractivity contribution in [2.24, 2.45) is 0 Å². The first kappa shape index (κ1) is 11.5. The highest BCUT2D eigenvalue weighted by Crippen LogP contribution is 2.14. The number of nitrogens with zero attached hydrogens (tertiary/aromatic N) is 3. The molecule has 6 nitrogen and oxygen atoms in total. The molecule has 0 unspecified atom stereocenters. The van der Waals surface area contributed by atoms with E-state index in [1.54, 1.807) is 12.3 Å². The third-order valence-corrected chi connectivity index (χ3v) is 3.23. The molecule has 0 saturated carbocycles. The van der Waals surface area contributed by atoms with Crippen LogP contribution in [0.1, 0.15) is 9.67 Å². The Morgan fingerprint density at radius 2 is 2.21 bits per heavy atom. The van der Waals surface area contributed by atoms with Crippen LogP contribution in [0.3, 0.4) is 0 Å². The van der Waals surface area contributed by atoms with E-state index in [1.807, 2.05) is 29.6 Å². The average molecular weight is 271 g/mol. The summed E-state index contributed by atoms with van der Waals surface area (Å²) in [5.41, 5.74) is 0.673. The van der Waals surface area contributed by atoms with Crippen LogP contribution in [-0.4, -0.2) is 26.1 Å². The van der Waals surface area contributed by atoms with Crippen LogP contribution in [0.15, 0.2) is 41.9 Å². The summed E-state index contributed by atoms with van der Waals surface area (Å²) >= 11 is 1.36. The number of rotatable bonds is 3. The predicted octanol–water partition coefficient (Wildman–Crippen LogP) is 2.18. The standard InChI is InChI=1S/C12H9N5OS/c18-11(9-5-3-7-19-9)15-12-14-10(16-17-12)8-4-1-2-6-13-8/h1-7H,(H2,14,15,16,17,18). The molecule has 0 aliphatic heterocycles. The Kier molecular flexibility index (Phi) is 3.03. The maximum atomic E-state index is 11.8. The largest absolute Gasteiger partial charge is 0.288 e. The lowest BCUT2D eigenvalue weighted by atomic mass is 10.3. The van der Waals surface area contributed by atoms with Crippen LogP contribution in [-0.2, 0) is 0 Å². The molecule has 0 spiro atoms. The van der Waals surface area contributed by atoms with Gasteiger partial charge in [0.25, 0.3) is 5.91 Å². The minimum atomic E-state index is -0.221. The SMILES string of the molecule is O=C(Nc1n[nH]c(-c2ccccn2)n1)c1cccs1. The molecular formula is C12H9N5OS. The summed E-state index contributed by atoms with van der Waals surface area (Å²) in [5.74, 6) is 0.530. The van der Waals surface area contributed by atoms with Gasteiger partial charge in [0.1, 0.15) is 5.69 Å². The van der Waals surface area contributed by atoms with Crippen molar-refractivity contribution in [1.82, 2.24) is 20.2 Å². The first-order chi connectivity index (χ1) is 9.33. The van der Waals surface area contributed by atoms with Gasteiger partial charge >= 0.3 is 0 Å². The second kappa shape index (κ2) is 4.99. The molecule has 0 aromatic carbocycles. The third-order valence-electron chi connectivity index (χ3n) is 2.36. The van der Waals surface area contributed by atoms with Gasteiger partial charge in [-0.1, -0.05) is 12.1 Å². The summed E-state index contributed by atoms with van der Waals surface area (Å²) in [6.07, 6.45) is 1.67. The number of pyridine rings is 1. The smallest absolute Gasteiger partial charge is 0.268 e. The second-order valence-electron chi connectivity index (χ2n) is 3.65. The minimum Gasteiger partial charge on any atom is -0.288 e.